The summed E-state index contributed by atoms with van der Waals surface area (Å²) in [5.74, 6) is 1.06. The number of likely N-dealkylation sites (tertiary alicyclic amines) is 1. The number of nitrogens with zero attached hydrogens (tertiary/aromatic N) is 2. The molecule has 2 aliphatic heterocycles. The first-order valence-electron chi connectivity index (χ1n) is 9.21. The van der Waals surface area contributed by atoms with Crippen molar-refractivity contribution in [1.29, 1.82) is 0 Å². The molecule has 1 N–H and O–H groups in total. The van der Waals surface area contributed by atoms with Gasteiger partial charge in [0.15, 0.2) is 5.96 Å². The summed E-state index contributed by atoms with van der Waals surface area (Å²) < 4.78 is 5.66. The zero-order valence-corrected chi connectivity index (χ0v) is 15.6. The van der Waals surface area contributed by atoms with E-state index in [1.54, 1.807) is 0 Å². The fourth-order valence-corrected chi connectivity index (χ4v) is 4.13. The van der Waals surface area contributed by atoms with Crippen LogP contribution in [-0.2, 0) is 11.3 Å². The Morgan fingerprint density at radius 1 is 1.25 bits per heavy atom. The Labute approximate surface area is 146 Å². The van der Waals surface area contributed by atoms with E-state index in [0.717, 1.165) is 45.4 Å². The molecular weight excluding hydrogens is 298 g/mol. The van der Waals surface area contributed by atoms with Crippen molar-refractivity contribution < 1.29 is 4.74 Å². The summed E-state index contributed by atoms with van der Waals surface area (Å²) in [5, 5.41) is 3.49. The van der Waals surface area contributed by atoms with Gasteiger partial charge in [-0.15, -0.1) is 0 Å². The largest absolute Gasteiger partial charge is 0.381 e. The second-order valence-corrected chi connectivity index (χ2v) is 7.52. The van der Waals surface area contributed by atoms with Gasteiger partial charge in [0, 0.05) is 31.7 Å². The smallest absolute Gasteiger partial charge is 0.194 e. The van der Waals surface area contributed by atoms with E-state index in [9.17, 15) is 0 Å². The third kappa shape index (κ3) is 3.59. The molecule has 1 unspecified atom stereocenters. The lowest BCUT2D eigenvalue weighted by molar-refractivity contribution is 0.156. The molecule has 3 rings (SSSR count). The lowest BCUT2D eigenvalue weighted by Crippen LogP contribution is -2.41. The first kappa shape index (κ1) is 17.3. The lowest BCUT2D eigenvalue weighted by Gasteiger charge is -2.25. The average molecular weight is 329 g/mol. The van der Waals surface area contributed by atoms with Crippen LogP contribution in [0.1, 0.15) is 42.0 Å². The van der Waals surface area contributed by atoms with Gasteiger partial charge in [0.05, 0.1) is 13.2 Å². The number of ether oxygens (including phenoxy) is 1. The van der Waals surface area contributed by atoms with Crippen LogP contribution in [0.15, 0.2) is 17.1 Å². The van der Waals surface area contributed by atoms with Gasteiger partial charge in [0.1, 0.15) is 0 Å². The maximum Gasteiger partial charge on any atom is 0.194 e. The molecule has 1 atom stereocenters. The average Bonchev–Trinajstić information content (AvgIpc) is 3.15. The Morgan fingerprint density at radius 3 is 2.62 bits per heavy atom. The van der Waals surface area contributed by atoms with Crippen molar-refractivity contribution in [3.63, 3.8) is 0 Å². The molecule has 0 aromatic heterocycles. The van der Waals surface area contributed by atoms with Gasteiger partial charge in [0.2, 0.25) is 0 Å². The van der Waals surface area contributed by atoms with Crippen LogP contribution in [0.25, 0.3) is 0 Å². The van der Waals surface area contributed by atoms with Crippen LogP contribution >= 0.6 is 0 Å². The molecule has 1 spiro atoms. The van der Waals surface area contributed by atoms with Gasteiger partial charge in [-0.05, 0) is 57.2 Å². The highest BCUT2D eigenvalue weighted by molar-refractivity contribution is 5.80. The van der Waals surface area contributed by atoms with Gasteiger partial charge in [0.25, 0.3) is 0 Å². The molecule has 4 nitrogen and oxygen atoms in total. The topological polar surface area (TPSA) is 36.9 Å². The van der Waals surface area contributed by atoms with E-state index in [1.807, 2.05) is 0 Å². The zero-order chi connectivity index (χ0) is 17.2. The first-order chi connectivity index (χ1) is 11.5. The number of nitrogens with one attached hydrogen (secondary N) is 1. The fourth-order valence-electron chi connectivity index (χ4n) is 4.13. The van der Waals surface area contributed by atoms with E-state index in [0.29, 0.717) is 5.41 Å². The molecule has 2 saturated heterocycles. The van der Waals surface area contributed by atoms with Gasteiger partial charge in [-0.2, -0.15) is 0 Å². The molecule has 0 amide bonds. The molecule has 0 saturated carbocycles. The second kappa shape index (κ2) is 7.14. The van der Waals surface area contributed by atoms with E-state index in [1.165, 1.54) is 35.1 Å². The van der Waals surface area contributed by atoms with Gasteiger partial charge < -0.3 is 15.0 Å². The molecule has 2 fully saturated rings. The summed E-state index contributed by atoms with van der Waals surface area (Å²) in [6.07, 6.45) is 2.42. The molecule has 0 bridgehead atoms. The third-order valence-electron chi connectivity index (χ3n) is 5.49. The number of hydrogen-bond donors (Lipinski definition) is 1. The Kier molecular flexibility index (Phi) is 5.14. The first-order valence-corrected chi connectivity index (χ1v) is 9.21. The van der Waals surface area contributed by atoms with Crippen molar-refractivity contribution in [2.45, 2.75) is 47.1 Å². The summed E-state index contributed by atoms with van der Waals surface area (Å²) in [5.41, 5.74) is 5.73. The maximum absolute atomic E-state index is 5.66. The quantitative estimate of drug-likeness (QED) is 0.683. The summed E-state index contributed by atoms with van der Waals surface area (Å²) in [7, 11) is 0. The fraction of sp³-hybridized carbons (Fsp3) is 0.650. The Balaban J connectivity index is 1.75. The van der Waals surface area contributed by atoms with E-state index in [2.05, 4.69) is 50.0 Å². The van der Waals surface area contributed by atoms with Gasteiger partial charge in [-0.25, -0.2) is 4.99 Å². The summed E-state index contributed by atoms with van der Waals surface area (Å²) in [4.78, 5) is 7.39. The minimum absolute atomic E-state index is 0.367. The van der Waals surface area contributed by atoms with E-state index >= 15 is 0 Å². The Morgan fingerprint density at radius 2 is 2.00 bits per heavy atom. The number of guanidine groups is 1. The van der Waals surface area contributed by atoms with Gasteiger partial charge in [-0.3, -0.25) is 0 Å². The minimum atomic E-state index is 0.367. The zero-order valence-electron chi connectivity index (χ0n) is 15.6. The van der Waals surface area contributed by atoms with Crippen molar-refractivity contribution in [3.8, 4) is 0 Å². The lowest BCUT2D eigenvalue weighted by atomic mass is 9.87. The predicted molar refractivity (Wildman–Crippen MR) is 99.5 cm³/mol. The molecule has 2 aliphatic rings. The molecule has 132 valence electrons. The van der Waals surface area contributed by atoms with Crippen LogP contribution in [0.5, 0.6) is 0 Å². The third-order valence-corrected chi connectivity index (χ3v) is 5.49. The number of hydrogen-bond acceptors (Lipinski definition) is 2. The second-order valence-electron chi connectivity index (χ2n) is 7.52. The van der Waals surface area contributed by atoms with Crippen LogP contribution in [-0.4, -0.2) is 43.7 Å². The Bertz CT molecular complexity index is 594. The van der Waals surface area contributed by atoms with Crippen molar-refractivity contribution in [1.82, 2.24) is 10.2 Å². The number of rotatable bonds is 3. The SMILES string of the molecule is CCNC(=NCc1c(C)cc(C)cc1C)N1CCC2(CCOC2)C1. The predicted octanol–water partition coefficient (Wildman–Crippen LogP) is 3.19. The molecule has 4 heteroatoms. The van der Waals surface area contributed by atoms with Crippen LogP contribution in [0, 0.1) is 26.2 Å². The van der Waals surface area contributed by atoms with Crippen LogP contribution < -0.4 is 5.32 Å². The van der Waals surface area contributed by atoms with Crippen molar-refractivity contribution >= 4 is 5.96 Å². The minimum Gasteiger partial charge on any atom is -0.381 e. The van der Waals surface area contributed by atoms with Crippen LogP contribution in [0.4, 0.5) is 0 Å². The normalized spacial score (nSPS) is 24.2. The number of benzene rings is 1. The van der Waals surface area contributed by atoms with Crippen molar-refractivity contribution in [2.75, 3.05) is 32.8 Å². The summed E-state index contributed by atoms with van der Waals surface area (Å²) in [6, 6.07) is 4.51. The highest BCUT2D eigenvalue weighted by Gasteiger charge is 2.42. The summed E-state index contributed by atoms with van der Waals surface area (Å²) >= 11 is 0. The standard InChI is InChI=1S/C20H31N3O/c1-5-21-19(23-8-6-20(13-23)7-9-24-14-20)22-12-18-16(3)10-15(2)11-17(18)4/h10-11H,5-9,12-14H2,1-4H3,(H,21,22). The maximum atomic E-state index is 5.66. The van der Waals surface area contributed by atoms with E-state index in [-0.39, 0.29) is 0 Å². The number of aliphatic imine (C=N–C) groups is 1. The van der Waals surface area contributed by atoms with Crippen LogP contribution in [0.2, 0.25) is 0 Å². The molecule has 0 radical (unpaired) electrons. The molecule has 1 aromatic carbocycles. The summed E-state index contributed by atoms with van der Waals surface area (Å²) in [6.45, 7) is 14.3. The molecule has 0 aliphatic carbocycles. The Hall–Kier alpha value is -1.55. The highest BCUT2D eigenvalue weighted by atomic mass is 16.5. The molecule has 24 heavy (non-hydrogen) atoms. The number of aryl methyl sites for hydroxylation is 3. The van der Waals surface area contributed by atoms with Crippen molar-refractivity contribution in [3.05, 3.63) is 34.4 Å². The highest BCUT2D eigenvalue weighted by Crippen LogP contribution is 2.38. The molecule has 1 aromatic rings. The van der Waals surface area contributed by atoms with E-state index < -0.39 is 0 Å². The van der Waals surface area contributed by atoms with Gasteiger partial charge >= 0.3 is 0 Å². The van der Waals surface area contributed by atoms with E-state index in [4.69, 9.17) is 9.73 Å². The molecule has 2 heterocycles. The molecular formula is C20H31N3O. The van der Waals surface area contributed by atoms with Gasteiger partial charge in [-0.1, -0.05) is 17.7 Å². The monoisotopic (exact) mass is 329 g/mol. The van der Waals surface area contributed by atoms with Crippen molar-refractivity contribution in [2.24, 2.45) is 10.4 Å². The van der Waals surface area contributed by atoms with Crippen LogP contribution in [0.3, 0.4) is 0 Å².